The summed E-state index contributed by atoms with van der Waals surface area (Å²) in [6, 6.07) is 7.00. The molecule has 6 nitrogen and oxygen atoms in total. The lowest BCUT2D eigenvalue weighted by Crippen LogP contribution is -2.48. The van der Waals surface area contributed by atoms with Gasteiger partial charge in [-0.3, -0.25) is 10.1 Å². The number of nitrogens with one attached hydrogen (secondary N) is 1. The Morgan fingerprint density at radius 1 is 1.24 bits per heavy atom. The largest absolute Gasteiger partial charge is 0.492 e. The van der Waals surface area contributed by atoms with E-state index in [0.29, 0.717) is 18.9 Å². The van der Waals surface area contributed by atoms with Crippen LogP contribution in [-0.2, 0) is 14.6 Å². The van der Waals surface area contributed by atoms with Crippen LogP contribution in [0.3, 0.4) is 0 Å². The second-order valence-electron chi connectivity index (χ2n) is 5.25. The van der Waals surface area contributed by atoms with Gasteiger partial charge in [-0.2, -0.15) is 0 Å². The molecule has 1 aromatic rings. The summed E-state index contributed by atoms with van der Waals surface area (Å²) in [4.78, 5) is 14.3. The summed E-state index contributed by atoms with van der Waals surface area (Å²) in [6.45, 7) is 1.62. The normalized spacial score (nSPS) is 24.6. The van der Waals surface area contributed by atoms with Gasteiger partial charge in [0.05, 0.1) is 11.5 Å². The third kappa shape index (κ3) is 3.03. The van der Waals surface area contributed by atoms with Gasteiger partial charge in [0.15, 0.2) is 9.84 Å². The number of hydrogen-bond acceptors (Lipinski definition) is 5. The van der Waals surface area contributed by atoms with Crippen molar-refractivity contribution in [2.45, 2.75) is 6.04 Å². The van der Waals surface area contributed by atoms with Crippen LogP contribution in [0, 0.1) is 0 Å². The second kappa shape index (κ2) is 5.65. The Morgan fingerprint density at radius 2 is 1.95 bits per heavy atom. The summed E-state index contributed by atoms with van der Waals surface area (Å²) in [7, 11) is -2.99. The number of ether oxygens (including phenoxy) is 1. The lowest BCUT2D eigenvalue weighted by molar-refractivity contribution is -0.133. The van der Waals surface area contributed by atoms with Crippen LogP contribution in [0.15, 0.2) is 24.3 Å². The standard InChI is InChI=1S/C14H18N2O4S/c17-14(16-6-9-21(18,19)10-7-16)13-11-3-1-2-4-12(11)20-8-5-15-13/h1-4,13,15H,5-10H2. The van der Waals surface area contributed by atoms with E-state index in [-0.39, 0.29) is 30.5 Å². The molecule has 2 heterocycles. The number of fused-ring (bicyclic) bond motifs is 1. The highest BCUT2D eigenvalue weighted by atomic mass is 32.2. The minimum Gasteiger partial charge on any atom is -0.492 e. The maximum absolute atomic E-state index is 12.7. The van der Waals surface area contributed by atoms with E-state index in [0.717, 1.165) is 5.56 Å². The molecule has 114 valence electrons. The number of sulfone groups is 1. The minimum absolute atomic E-state index is 0.0452. The summed E-state index contributed by atoms with van der Waals surface area (Å²) < 4.78 is 28.6. The van der Waals surface area contributed by atoms with Crippen LogP contribution in [0.1, 0.15) is 11.6 Å². The summed E-state index contributed by atoms with van der Waals surface area (Å²) in [6.07, 6.45) is 0. The van der Waals surface area contributed by atoms with Crippen LogP contribution < -0.4 is 10.1 Å². The van der Waals surface area contributed by atoms with Crippen molar-refractivity contribution in [3.05, 3.63) is 29.8 Å². The Bertz CT molecular complexity index is 630. The van der Waals surface area contributed by atoms with E-state index in [9.17, 15) is 13.2 Å². The molecule has 3 rings (SSSR count). The number of rotatable bonds is 1. The van der Waals surface area contributed by atoms with E-state index in [1.54, 1.807) is 4.90 Å². The van der Waals surface area contributed by atoms with Crippen LogP contribution in [0.2, 0.25) is 0 Å². The molecule has 2 aliphatic heterocycles. The fourth-order valence-electron chi connectivity index (χ4n) is 2.66. The summed E-state index contributed by atoms with van der Waals surface area (Å²) >= 11 is 0. The van der Waals surface area contributed by atoms with Crippen molar-refractivity contribution in [1.29, 1.82) is 0 Å². The van der Waals surface area contributed by atoms with E-state index in [4.69, 9.17) is 4.74 Å². The van der Waals surface area contributed by atoms with Gasteiger partial charge >= 0.3 is 0 Å². The summed E-state index contributed by atoms with van der Waals surface area (Å²) in [5, 5.41) is 3.19. The van der Waals surface area contributed by atoms with E-state index in [2.05, 4.69) is 5.32 Å². The van der Waals surface area contributed by atoms with E-state index >= 15 is 0 Å². The molecule has 0 radical (unpaired) electrons. The van der Waals surface area contributed by atoms with Gasteiger partial charge in [-0.1, -0.05) is 18.2 Å². The SMILES string of the molecule is O=C(C1NCCOc2ccccc21)N1CCS(=O)(=O)CC1. The number of nitrogens with zero attached hydrogens (tertiary/aromatic N) is 1. The van der Waals surface area contributed by atoms with Crippen LogP contribution in [-0.4, -0.2) is 57.0 Å². The average Bonchev–Trinajstić information content (AvgIpc) is 2.69. The van der Waals surface area contributed by atoms with Gasteiger partial charge in [0.1, 0.15) is 18.4 Å². The highest BCUT2D eigenvalue weighted by Crippen LogP contribution is 2.28. The van der Waals surface area contributed by atoms with Gasteiger partial charge in [-0.05, 0) is 6.07 Å². The molecule has 1 saturated heterocycles. The number of benzene rings is 1. The van der Waals surface area contributed by atoms with Gasteiger partial charge in [-0.15, -0.1) is 0 Å². The zero-order chi connectivity index (χ0) is 14.9. The lowest BCUT2D eigenvalue weighted by Gasteiger charge is -2.30. The number of hydrogen-bond donors (Lipinski definition) is 1. The molecule has 21 heavy (non-hydrogen) atoms. The zero-order valence-corrected chi connectivity index (χ0v) is 12.4. The Kier molecular flexibility index (Phi) is 3.86. The molecule has 0 saturated carbocycles. The quantitative estimate of drug-likeness (QED) is 0.788. The molecule has 1 unspecified atom stereocenters. The molecule has 2 aliphatic rings. The molecule has 7 heteroatoms. The van der Waals surface area contributed by atoms with Gasteiger partial charge in [-0.25, -0.2) is 8.42 Å². The van der Waals surface area contributed by atoms with Crippen LogP contribution in [0.5, 0.6) is 5.75 Å². The molecule has 0 aliphatic carbocycles. The van der Waals surface area contributed by atoms with Gasteiger partial charge in [0.25, 0.3) is 0 Å². The highest BCUT2D eigenvalue weighted by Gasteiger charge is 2.32. The van der Waals surface area contributed by atoms with Crippen molar-refractivity contribution in [1.82, 2.24) is 10.2 Å². The topological polar surface area (TPSA) is 75.7 Å². The Morgan fingerprint density at radius 3 is 2.71 bits per heavy atom. The average molecular weight is 310 g/mol. The molecule has 1 amide bonds. The number of para-hydroxylation sites is 1. The number of carbonyl (C=O) groups excluding carboxylic acids is 1. The molecule has 1 atom stereocenters. The molecule has 0 bridgehead atoms. The summed E-state index contributed by atoms with van der Waals surface area (Å²) in [5.74, 6) is 0.723. The predicted octanol–water partition coefficient (Wildman–Crippen LogP) is -0.0333. The second-order valence-corrected chi connectivity index (χ2v) is 7.55. The maximum Gasteiger partial charge on any atom is 0.244 e. The third-order valence-corrected chi connectivity index (χ3v) is 5.45. The van der Waals surface area contributed by atoms with Gasteiger partial charge in [0, 0.05) is 25.2 Å². The van der Waals surface area contributed by atoms with E-state index in [1.165, 1.54) is 0 Å². The monoisotopic (exact) mass is 310 g/mol. The summed E-state index contributed by atoms with van der Waals surface area (Å²) in [5.41, 5.74) is 0.813. The van der Waals surface area contributed by atoms with E-state index < -0.39 is 15.9 Å². The molecular formula is C14H18N2O4S. The highest BCUT2D eigenvalue weighted by molar-refractivity contribution is 7.91. The fourth-order valence-corrected chi connectivity index (χ4v) is 3.86. The minimum atomic E-state index is -2.99. The van der Waals surface area contributed by atoms with Gasteiger partial charge < -0.3 is 9.64 Å². The van der Waals surface area contributed by atoms with Gasteiger partial charge in [0.2, 0.25) is 5.91 Å². The molecule has 1 fully saturated rings. The van der Waals surface area contributed by atoms with Crippen LogP contribution in [0.25, 0.3) is 0 Å². The lowest BCUT2D eigenvalue weighted by atomic mass is 10.0. The third-order valence-electron chi connectivity index (χ3n) is 3.84. The van der Waals surface area contributed by atoms with Crippen molar-refractivity contribution in [2.75, 3.05) is 37.7 Å². The zero-order valence-electron chi connectivity index (χ0n) is 11.6. The number of amides is 1. The molecule has 1 N–H and O–H groups in total. The van der Waals surface area contributed by atoms with Crippen molar-refractivity contribution in [2.24, 2.45) is 0 Å². The first-order valence-electron chi connectivity index (χ1n) is 7.01. The Hall–Kier alpha value is -1.60. The van der Waals surface area contributed by atoms with E-state index in [1.807, 2.05) is 24.3 Å². The van der Waals surface area contributed by atoms with Crippen molar-refractivity contribution >= 4 is 15.7 Å². The van der Waals surface area contributed by atoms with Crippen molar-refractivity contribution in [3.63, 3.8) is 0 Å². The molecule has 0 spiro atoms. The smallest absolute Gasteiger partial charge is 0.244 e. The Labute approximate surface area is 124 Å². The molecular weight excluding hydrogens is 292 g/mol. The first-order chi connectivity index (χ1) is 10.1. The van der Waals surface area contributed by atoms with Crippen LogP contribution >= 0.6 is 0 Å². The van der Waals surface area contributed by atoms with Crippen molar-refractivity contribution < 1.29 is 17.9 Å². The maximum atomic E-state index is 12.7. The van der Waals surface area contributed by atoms with Crippen molar-refractivity contribution in [3.8, 4) is 5.75 Å². The first kappa shape index (κ1) is 14.3. The molecule has 1 aromatic carbocycles. The molecule has 0 aromatic heterocycles. The first-order valence-corrected chi connectivity index (χ1v) is 8.83. The fraction of sp³-hybridized carbons (Fsp3) is 0.500. The number of carbonyl (C=O) groups is 1. The van der Waals surface area contributed by atoms with Crippen LogP contribution in [0.4, 0.5) is 0 Å². The Balaban J connectivity index is 1.81. The predicted molar refractivity (Wildman–Crippen MR) is 77.9 cm³/mol.